The van der Waals surface area contributed by atoms with E-state index in [1.165, 1.54) is 29.4 Å². The van der Waals surface area contributed by atoms with E-state index in [0.717, 1.165) is 41.8 Å². The molecule has 2 aromatic rings. The average Bonchev–Trinajstić information content (AvgIpc) is 3.22. The Labute approximate surface area is 185 Å². The molecule has 1 heterocycles. The highest BCUT2D eigenvalue weighted by Gasteiger charge is 2.33. The van der Waals surface area contributed by atoms with Gasteiger partial charge in [-0.1, -0.05) is 11.6 Å². The molecule has 11 heteroatoms. The van der Waals surface area contributed by atoms with Crippen molar-refractivity contribution in [1.82, 2.24) is 4.90 Å². The molecular formula is C20H18ClF3N4O2S. The first-order valence-corrected chi connectivity index (χ1v) is 10.5. The number of fused-ring (bicyclic) bond motifs is 1. The Morgan fingerprint density at radius 1 is 1.23 bits per heavy atom. The molecule has 164 valence electrons. The second kappa shape index (κ2) is 9.26. The summed E-state index contributed by atoms with van der Waals surface area (Å²) in [6.07, 6.45) is -1.92. The van der Waals surface area contributed by atoms with Crippen molar-refractivity contribution in [3.8, 4) is 6.07 Å². The molecule has 31 heavy (non-hydrogen) atoms. The molecule has 0 radical (unpaired) electrons. The van der Waals surface area contributed by atoms with Gasteiger partial charge in [-0.25, -0.2) is 0 Å². The van der Waals surface area contributed by atoms with Gasteiger partial charge in [-0.3, -0.25) is 14.5 Å². The van der Waals surface area contributed by atoms with Gasteiger partial charge in [0.25, 0.3) is 0 Å². The highest BCUT2D eigenvalue weighted by molar-refractivity contribution is 7.16. The third-order valence-electron chi connectivity index (χ3n) is 4.67. The summed E-state index contributed by atoms with van der Waals surface area (Å²) >= 11 is 6.96. The number of halogens is 4. The van der Waals surface area contributed by atoms with Crippen LogP contribution in [-0.2, 0) is 28.6 Å². The van der Waals surface area contributed by atoms with Crippen LogP contribution in [0.2, 0.25) is 5.02 Å². The van der Waals surface area contributed by atoms with Crippen LogP contribution in [0.3, 0.4) is 0 Å². The molecule has 2 N–H and O–H groups in total. The number of nitrogens with zero attached hydrogens (tertiary/aromatic N) is 2. The summed E-state index contributed by atoms with van der Waals surface area (Å²) in [5.41, 5.74) is 0.397. The second-order valence-corrected chi connectivity index (χ2v) is 8.65. The maximum atomic E-state index is 12.9. The normalized spacial score (nSPS) is 13.1. The van der Waals surface area contributed by atoms with Gasteiger partial charge in [0, 0.05) is 10.6 Å². The summed E-state index contributed by atoms with van der Waals surface area (Å²) in [7, 11) is 1.53. The topological polar surface area (TPSA) is 85.2 Å². The van der Waals surface area contributed by atoms with Crippen molar-refractivity contribution in [2.45, 2.75) is 25.4 Å². The molecule has 0 atom stereocenters. The van der Waals surface area contributed by atoms with Gasteiger partial charge in [-0.05, 0) is 50.1 Å². The Bertz CT molecular complexity index is 1060. The maximum Gasteiger partial charge on any atom is 0.417 e. The number of hydrogen-bond donors (Lipinski definition) is 2. The van der Waals surface area contributed by atoms with Crippen molar-refractivity contribution < 1.29 is 22.8 Å². The predicted octanol–water partition coefficient (Wildman–Crippen LogP) is 4.29. The SMILES string of the molecule is CN(CC(=O)Nc1ccc(Cl)c(C(F)(F)F)c1)CC(=O)Nc1sc2c(c1C#N)CCC2. The van der Waals surface area contributed by atoms with Gasteiger partial charge in [0.05, 0.1) is 29.2 Å². The standard InChI is InChI=1S/C20H18ClF3N4O2S/c1-28(9-17(29)26-11-5-6-15(21)14(7-11)20(22,23)24)10-18(30)27-19-13(8-25)12-3-2-4-16(12)31-19/h5-7H,2-4,9-10H2,1H3,(H,26,29)(H,27,30). The molecule has 0 spiro atoms. The number of hydrogen-bond acceptors (Lipinski definition) is 5. The third-order valence-corrected chi connectivity index (χ3v) is 6.21. The summed E-state index contributed by atoms with van der Waals surface area (Å²) < 4.78 is 38.8. The number of alkyl halides is 3. The van der Waals surface area contributed by atoms with Gasteiger partial charge in [0.2, 0.25) is 11.8 Å². The number of nitriles is 1. The number of benzene rings is 1. The molecule has 1 aromatic heterocycles. The molecule has 0 bridgehead atoms. The van der Waals surface area contributed by atoms with Crippen molar-refractivity contribution in [1.29, 1.82) is 5.26 Å². The fourth-order valence-electron chi connectivity index (χ4n) is 3.34. The van der Waals surface area contributed by atoms with Gasteiger partial charge in [0.1, 0.15) is 11.1 Å². The quantitative estimate of drug-likeness (QED) is 0.659. The minimum Gasteiger partial charge on any atom is -0.325 e. The predicted molar refractivity (Wildman–Crippen MR) is 112 cm³/mol. The van der Waals surface area contributed by atoms with Crippen LogP contribution in [0.15, 0.2) is 18.2 Å². The molecule has 0 fully saturated rings. The molecule has 1 aliphatic carbocycles. The number of carbonyl (C=O) groups excluding carboxylic acids is 2. The summed E-state index contributed by atoms with van der Waals surface area (Å²) in [6, 6.07) is 5.22. The van der Waals surface area contributed by atoms with Crippen molar-refractivity contribution in [3.63, 3.8) is 0 Å². The van der Waals surface area contributed by atoms with Crippen molar-refractivity contribution >= 4 is 45.4 Å². The van der Waals surface area contributed by atoms with E-state index >= 15 is 0 Å². The van der Waals surface area contributed by atoms with Crippen LogP contribution in [-0.4, -0.2) is 36.9 Å². The van der Waals surface area contributed by atoms with E-state index in [1.807, 2.05) is 0 Å². The van der Waals surface area contributed by atoms with Gasteiger partial charge in [-0.2, -0.15) is 18.4 Å². The summed E-state index contributed by atoms with van der Waals surface area (Å²) in [6.45, 7) is -0.348. The van der Waals surface area contributed by atoms with E-state index in [0.29, 0.717) is 10.6 Å². The lowest BCUT2D eigenvalue weighted by Gasteiger charge is -2.16. The number of aryl methyl sites for hydroxylation is 1. The Morgan fingerprint density at radius 2 is 1.90 bits per heavy atom. The molecule has 0 unspecified atom stereocenters. The number of carbonyl (C=O) groups is 2. The second-order valence-electron chi connectivity index (χ2n) is 7.13. The number of amides is 2. The number of rotatable bonds is 6. The Hall–Kier alpha value is -2.61. The number of likely N-dealkylation sites (N-methyl/N-ethyl adjacent to an activating group) is 1. The molecule has 0 saturated carbocycles. The molecule has 1 aliphatic rings. The van der Waals surface area contributed by atoms with E-state index in [2.05, 4.69) is 16.7 Å². The number of nitrogens with one attached hydrogen (secondary N) is 2. The van der Waals surface area contributed by atoms with Gasteiger partial charge in [0.15, 0.2) is 0 Å². The van der Waals surface area contributed by atoms with Crippen LogP contribution < -0.4 is 10.6 Å². The molecule has 1 aromatic carbocycles. The zero-order valence-corrected chi connectivity index (χ0v) is 18.0. The fraction of sp³-hybridized carbons (Fsp3) is 0.350. The minimum absolute atomic E-state index is 0.0497. The Balaban J connectivity index is 1.55. The van der Waals surface area contributed by atoms with Gasteiger partial charge >= 0.3 is 6.18 Å². The van der Waals surface area contributed by atoms with Gasteiger partial charge in [-0.15, -0.1) is 11.3 Å². The van der Waals surface area contributed by atoms with Crippen LogP contribution in [0.25, 0.3) is 0 Å². The lowest BCUT2D eigenvalue weighted by atomic mass is 10.1. The Morgan fingerprint density at radius 3 is 2.55 bits per heavy atom. The molecule has 0 aliphatic heterocycles. The van der Waals surface area contributed by atoms with Crippen LogP contribution in [0.1, 0.15) is 28.0 Å². The van der Waals surface area contributed by atoms with Crippen molar-refractivity contribution in [2.24, 2.45) is 0 Å². The summed E-state index contributed by atoms with van der Waals surface area (Å²) in [5.74, 6) is -0.976. The summed E-state index contributed by atoms with van der Waals surface area (Å²) in [4.78, 5) is 27.0. The number of thiophene rings is 1. The van der Waals surface area contributed by atoms with E-state index in [1.54, 1.807) is 0 Å². The first kappa shape index (κ1) is 23.1. The van der Waals surface area contributed by atoms with E-state index in [9.17, 15) is 28.0 Å². The highest BCUT2D eigenvalue weighted by Crippen LogP contribution is 2.38. The lowest BCUT2D eigenvalue weighted by Crippen LogP contribution is -2.36. The molecule has 0 saturated heterocycles. The van der Waals surface area contributed by atoms with Crippen molar-refractivity contribution in [2.75, 3.05) is 30.8 Å². The zero-order chi connectivity index (χ0) is 22.8. The largest absolute Gasteiger partial charge is 0.417 e. The molecule has 6 nitrogen and oxygen atoms in total. The minimum atomic E-state index is -4.64. The molecule has 2 amide bonds. The van der Waals surface area contributed by atoms with E-state index in [-0.39, 0.29) is 18.8 Å². The monoisotopic (exact) mass is 470 g/mol. The van der Waals surface area contributed by atoms with E-state index in [4.69, 9.17) is 11.6 Å². The Kier molecular flexibility index (Phi) is 6.89. The number of anilines is 2. The smallest absolute Gasteiger partial charge is 0.325 e. The maximum absolute atomic E-state index is 12.9. The first-order chi connectivity index (χ1) is 14.6. The third kappa shape index (κ3) is 5.55. The fourth-order valence-corrected chi connectivity index (χ4v) is 4.82. The molecule has 3 rings (SSSR count). The van der Waals surface area contributed by atoms with Crippen LogP contribution in [0, 0.1) is 11.3 Å². The zero-order valence-electron chi connectivity index (χ0n) is 16.4. The van der Waals surface area contributed by atoms with Gasteiger partial charge < -0.3 is 10.6 Å². The van der Waals surface area contributed by atoms with Crippen molar-refractivity contribution in [3.05, 3.63) is 44.8 Å². The van der Waals surface area contributed by atoms with Crippen LogP contribution >= 0.6 is 22.9 Å². The van der Waals surface area contributed by atoms with Crippen LogP contribution in [0.4, 0.5) is 23.9 Å². The average molecular weight is 471 g/mol. The first-order valence-electron chi connectivity index (χ1n) is 9.28. The summed E-state index contributed by atoms with van der Waals surface area (Å²) in [5, 5.41) is 14.5. The van der Waals surface area contributed by atoms with E-state index < -0.39 is 28.6 Å². The highest BCUT2D eigenvalue weighted by atomic mass is 35.5. The molecular weight excluding hydrogens is 453 g/mol. The van der Waals surface area contributed by atoms with Crippen LogP contribution in [0.5, 0.6) is 0 Å². The lowest BCUT2D eigenvalue weighted by molar-refractivity contribution is -0.137.